The van der Waals surface area contributed by atoms with Gasteiger partial charge in [-0.1, -0.05) is 30.3 Å². The third-order valence-electron chi connectivity index (χ3n) is 4.69. The van der Waals surface area contributed by atoms with Crippen molar-refractivity contribution < 1.29 is 9.47 Å². The second-order valence-corrected chi connectivity index (χ2v) is 6.64. The summed E-state index contributed by atoms with van der Waals surface area (Å²) in [7, 11) is 1.68. The van der Waals surface area contributed by atoms with Crippen molar-refractivity contribution in [3.63, 3.8) is 0 Å². The second-order valence-electron chi connectivity index (χ2n) is 6.64. The number of rotatable bonds is 6. The fourth-order valence-corrected chi connectivity index (χ4v) is 3.20. The molecule has 1 heterocycles. The van der Waals surface area contributed by atoms with Gasteiger partial charge in [-0.15, -0.1) is 0 Å². The molecule has 1 aliphatic heterocycles. The summed E-state index contributed by atoms with van der Waals surface area (Å²) in [6.07, 6.45) is 2.28. The van der Waals surface area contributed by atoms with Crippen LogP contribution < -0.4 is 14.8 Å². The molecule has 0 atom stereocenters. The molecule has 1 aliphatic rings. The number of likely N-dealkylation sites (tertiary alicyclic amines) is 1. The molecule has 5 heteroatoms. The molecule has 0 bridgehead atoms. The van der Waals surface area contributed by atoms with Gasteiger partial charge in [0.25, 0.3) is 0 Å². The minimum atomic E-state index is 0.271. The van der Waals surface area contributed by atoms with Crippen LogP contribution >= 0.6 is 0 Å². The number of guanidine groups is 1. The lowest BCUT2D eigenvalue weighted by molar-refractivity contribution is 0.129. The molecule has 5 nitrogen and oxygen atoms in total. The van der Waals surface area contributed by atoms with Crippen LogP contribution in [-0.4, -0.2) is 43.7 Å². The normalized spacial score (nSPS) is 15.5. The number of hydrogen-bond acceptors (Lipinski definition) is 3. The van der Waals surface area contributed by atoms with Gasteiger partial charge in [0.1, 0.15) is 17.6 Å². The van der Waals surface area contributed by atoms with Gasteiger partial charge in [0.15, 0.2) is 5.96 Å². The highest BCUT2D eigenvalue weighted by Crippen LogP contribution is 2.19. The first-order chi connectivity index (χ1) is 13.3. The molecule has 0 spiro atoms. The Morgan fingerprint density at radius 1 is 1.04 bits per heavy atom. The summed E-state index contributed by atoms with van der Waals surface area (Å²) < 4.78 is 11.3. The van der Waals surface area contributed by atoms with Crippen LogP contribution in [0, 0.1) is 0 Å². The first kappa shape index (κ1) is 19.1. The zero-order chi connectivity index (χ0) is 18.9. The lowest BCUT2D eigenvalue weighted by Crippen LogP contribution is -2.47. The van der Waals surface area contributed by atoms with E-state index in [4.69, 9.17) is 14.5 Å². The quantitative estimate of drug-likeness (QED) is 0.625. The molecule has 0 saturated carbocycles. The summed E-state index contributed by atoms with van der Waals surface area (Å²) >= 11 is 0. The largest absolute Gasteiger partial charge is 0.497 e. The highest BCUT2D eigenvalue weighted by Gasteiger charge is 2.22. The van der Waals surface area contributed by atoms with E-state index in [0.717, 1.165) is 49.9 Å². The highest BCUT2D eigenvalue weighted by molar-refractivity contribution is 5.80. The number of piperidine rings is 1. The maximum Gasteiger partial charge on any atom is 0.194 e. The Hall–Kier alpha value is -2.69. The third-order valence-corrected chi connectivity index (χ3v) is 4.69. The predicted octanol–water partition coefficient (Wildman–Crippen LogP) is 3.70. The number of ether oxygens (including phenoxy) is 2. The number of nitrogens with zero attached hydrogens (tertiary/aromatic N) is 2. The Bertz CT molecular complexity index is 708. The van der Waals surface area contributed by atoms with E-state index in [1.165, 1.54) is 5.56 Å². The summed E-state index contributed by atoms with van der Waals surface area (Å²) in [5.41, 5.74) is 1.17. The standard InChI is InChI=1S/C22H29N3O2/c1-3-23-22(24-17-18-9-11-19(26-2)12-10-18)25-15-13-21(14-16-25)27-20-7-5-4-6-8-20/h4-12,21H,3,13-17H2,1-2H3,(H,23,24). The molecule has 0 aromatic heterocycles. The number of benzene rings is 2. The van der Waals surface area contributed by atoms with Crippen LogP contribution in [0.15, 0.2) is 59.6 Å². The monoisotopic (exact) mass is 367 g/mol. The predicted molar refractivity (Wildman–Crippen MR) is 109 cm³/mol. The molecular formula is C22H29N3O2. The summed E-state index contributed by atoms with van der Waals surface area (Å²) in [6, 6.07) is 18.2. The van der Waals surface area contributed by atoms with Crippen molar-refractivity contribution in [1.82, 2.24) is 10.2 Å². The van der Waals surface area contributed by atoms with Gasteiger partial charge >= 0.3 is 0 Å². The van der Waals surface area contributed by atoms with Crippen LogP contribution in [0.4, 0.5) is 0 Å². The van der Waals surface area contributed by atoms with E-state index in [9.17, 15) is 0 Å². The lowest BCUT2D eigenvalue weighted by Gasteiger charge is -2.34. The fourth-order valence-electron chi connectivity index (χ4n) is 3.20. The topological polar surface area (TPSA) is 46.1 Å². The number of hydrogen-bond donors (Lipinski definition) is 1. The SMILES string of the molecule is CCNC(=NCc1ccc(OC)cc1)N1CCC(Oc2ccccc2)CC1. The summed E-state index contributed by atoms with van der Waals surface area (Å²) in [5.74, 6) is 2.80. The van der Waals surface area contributed by atoms with Gasteiger partial charge in [0, 0.05) is 32.5 Å². The first-order valence-corrected chi connectivity index (χ1v) is 9.66. The number of aliphatic imine (C=N–C) groups is 1. The highest BCUT2D eigenvalue weighted by atomic mass is 16.5. The van der Waals surface area contributed by atoms with Crippen LogP contribution in [0.3, 0.4) is 0 Å². The van der Waals surface area contributed by atoms with Gasteiger partial charge in [0.05, 0.1) is 13.7 Å². The van der Waals surface area contributed by atoms with Crippen LogP contribution in [0.5, 0.6) is 11.5 Å². The van der Waals surface area contributed by atoms with Crippen LogP contribution in [0.25, 0.3) is 0 Å². The van der Waals surface area contributed by atoms with Gasteiger partial charge in [-0.3, -0.25) is 0 Å². The minimum absolute atomic E-state index is 0.271. The van der Waals surface area contributed by atoms with Gasteiger partial charge < -0.3 is 19.7 Å². The van der Waals surface area contributed by atoms with E-state index in [-0.39, 0.29) is 6.10 Å². The molecule has 1 fully saturated rings. The summed E-state index contributed by atoms with van der Waals surface area (Å²) in [6.45, 7) is 5.53. The van der Waals surface area contributed by atoms with Crippen molar-refractivity contribution in [1.29, 1.82) is 0 Å². The lowest BCUT2D eigenvalue weighted by atomic mass is 10.1. The molecule has 0 radical (unpaired) electrons. The smallest absolute Gasteiger partial charge is 0.194 e. The number of methoxy groups -OCH3 is 1. The molecule has 2 aromatic carbocycles. The van der Waals surface area contributed by atoms with Crippen molar-refractivity contribution in [3.8, 4) is 11.5 Å². The molecule has 1 N–H and O–H groups in total. The van der Waals surface area contributed by atoms with Gasteiger partial charge in [-0.05, 0) is 36.8 Å². The Kier molecular flexibility index (Phi) is 6.97. The van der Waals surface area contributed by atoms with Crippen molar-refractivity contribution in [3.05, 3.63) is 60.2 Å². The second kappa shape index (κ2) is 9.86. The summed E-state index contributed by atoms with van der Waals surface area (Å²) in [5, 5.41) is 3.42. The number of para-hydroxylation sites is 1. The average Bonchev–Trinajstić information content (AvgIpc) is 2.73. The minimum Gasteiger partial charge on any atom is -0.497 e. The number of nitrogens with one attached hydrogen (secondary N) is 1. The molecule has 2 aromatic rings. The van der Waals surface area contributed by atoms with E-state index in [2.05, 4.69) is 29.3 Å². The van der Waals surface area contributed by atoms with Crippen molar-refractivity contribution in [2.45, 2.75) is 32.4 Å². The zero-order valence-corrected chi connectivity index (χ0v) is 16.2. The van der Waals surface area contributed by atoms with Crippen LogP contribution in [0.2, 0.25) is 0 Å². The van der Waals surface area contributed by atoms with Crippen LogP contribution in [-0.2, 0) is 6.54 Å². The first-order valence-electron chi connectivity index (χ1n) is 9.66. The molecule has 144 valence electrons. The van der Waals surface area contributed by atoms with Gasteiger partial charge in [-0.25, -0.2) is 4.99 Å². The molecule has 1 saturated heterocycles. The van der Waals surface area contributed by atoms with Crippen molar-refractivity contribution >= 4 is 5.96 Å². The van der Waals surface area contributed by atoms with E-state index < -0.39 is 0 Å². The van der Waals surface area contributed by atoms with E-state index in [1.807, 2.05) is 42.5 Å². The molecule has 0 unspecified atom stereocenters. The zero-order valence-electron chi connectivity index (χ0n) is 16.2. The fraction of sp³-hybridized carbons (Fsp3) is 0.409. The van der Waals surface area contributed by atoms with Crippen molar-refractivity contribution in [2.24, 2.45) is 4.99 Å². The molecule has 0 amide bonds. The van der Waals surface area contributed by atoms with Gasteiger partial charge in [0.2, 0.25) is 0 Å². The maximum absolute atomic E-state index is 6.10. The van der Waals surface area contributed by atoms with E-state index in [0.29, 0.717) is 6.54 Å². The average molecular weight is 367 g/mol. The molecule has 27 heavy (non-hydrogen) atoms. The van der Waals surface area contributed by atoms with Gasteiger partial charge in [-0.2, -0.15) is 0 Å². The Morgan fingerprint density at radius 3 is 2.37 bits per heavy atom. The Morgan fingerprint density at radius 2 is 1.74 bits per heavy atom. The van der Waals surface area contributed by atoms with Crippen molar-refractivity contribution in [2.75, 3.05) is 26.7 Å². The summed E-state index contributed by atoms with van der Waals surface area (Å²) in [4.78, 5) is 7.15. The molecular weight excluding hydrogens is 338 g/mol. The van der Waals surface area contributed by atoms with E-state index in [1.54, 1.807) is 7.11 Å². The maximum atomic E-state index is 6.10. The molecule has 3 rings (SSSR count). The van der Waals surface area contributed by atoms with Crippen LogP contribution in [0.1, 0.15) is 25.3 Å². The molecule has 0 aliphatic carbocycles. The van der Waals surface area contributed by atoms with E-state index >= 15 is 0 Å². The third kappa shape index (κ3) is 5.64. The Balaban J connectivity index is 1.55. The Labute approximate surface area is 162 Å².